The molecule has 2 atom stereocenters. The van der Waals surface area contributed by atoms with E-state index in [0.29, 0.717) is 18.4 Å². The lowest BCUT2D eigenvalue weighted by Gasteiger charge is -2.17. The van der Waals surface area contributed by atoms with Gasteiger partial charge in [0.05, 0.1) is 6.10 Å². The lowest BCUT2D eigenvalue weighted by molar-refractivity contribution is -0.118. The third kappa shape index (κ3) is 3.81. The highest BCUT2D eigenvalue weighted by atomic mass is 16.3. The van der Waals surface area contributed by atoms with Gasteiger partial charge in [0.1, 0.15) is 11.9 Å². The van der Waals surface area contributed by atoms with Crippen LogP contribution in [0.15, 0.2) is 30.3 Å². The standard InChI is InChI=1S/C12H16O3/c1-9(13)7-8-11(14)12(15)10-5-3-2-4-6-10/h2-6,11-12,14-15H,7-8H2,1H3. The number of carbonyl (C=O) groups is 1. The number of aliphatic hydroxyl groups excluding tert-OH is 2. The second-order valence-electron chi connectivity index (χ2n) is 3.66. The van der Waals surface area contributed by atoms with Crippen molar-refractivity contribution in [2.45, 2.75) is 32.0 Å². The normalized spacial score (nSPS) is 14.6. The summed E-state index contributed by atoms with van der Waals surface area (Å²) in [7, 11) is 0. The molecule has 1 aromatic rings. The molecule has 0 heterocycles. The Bertz CT molecular complexity index is 308. The first-order valence-corrected chi connectivity index (χ1v) is 5.02. The number of ketones is 1. The van der Waals surface area contributed by atoms with Crippen LogP contribution in [0, 0.1) is 0 Å². The molecule has 0 spiro atoms. The zero-order valence-electron chi connectivity index (χ0n) is 8.76. The Morgan fingerprint density at radius 3 is 2.40 bits per heavy atom. The maximum atomic E-state index is 10.7. The van der Waals surface area contributed by atoms with Gasteiger partial charge in [0, 0.05) is 6.42 Å². The summed E-state index contributed by atoms with van der Waals surface area (Å²) in [5.74, 6) is 0.0225. The van der Waals surface area contributed by atoms with E-state index in [1.54, 1.807) is 24.3 Å². The Kier molecular flexibility index (Phi) is 4.46. The number of rotatable bonds is 5. The van der Waals surface area contributed by atoms with Crippen molar-refractivity contribution >= 4 is 5.78 Å². The number of carbonyl (C=O) groups excluding carboxylic acids is 1. The van der Waals surface area contributed by atoms with Gasteiger partial charge in [-0.3, -0.25) is 0 Å². The van der Waals surface area contributed by atoms with Gasteiger partial charge in [-0.2, -0.15) is 0 Å². The summed E-state index contributed by atoms with van der Waals surface area (Å²) in [4.78, 5) is 10.7. The van der Waals surface area contributed by atoms with E-state index in [0.717, 1.165) is 0 Å². The second kappa shape index (κ2) is 5.63. The highest BCUT2D eigenvalue weighted by Gasteiger charge is 2.17. The van der Waals surface area contributed by atoms with E-state index in [1.165, 1.54) is 6.92 Å². The fourth-order valence-corrected chi connectivity index (χ4v) is 1.38. The fourth-order valence-electron chi connectivity index (χ4n) is 1.38. The number of benzene rings is 1. The van der Waals surface area contributed by atoms with E-state index in [-0.39, 0.29) is 5.78 Å². The molecule has 2 N–H and O–H groups in total. The minimum absolute atomic E-state index is 0.0225. The summed E-state index contributed by atoms with van der Waals surface area (Å²) in [6, 6.07) is 8.95. The highest BCUT2D eigenvalue weighted by molar-refractivity contribution is 5.75. The largest absolute Gasteiger partial charge is 0.390 e. The summed E-state index contributed by atoms with van der Waals surface area (Å²) in [5.41, 5.74) is 0.675. The number of Topliss-reactive ketones (excluding diaryl/α,β-unsaturated/α-hetero) is 1. The Hall–Kier alpha value is -1.19. The van der Waals surface area contributed by atoms with E-state index in [1.807, 2.05) is 6.07 Å². The lowest BCUT2D eigenvalue weighted by Crippen LogP contribution is -2.18. The molecule has 3 heteroatoms. The van der Waals surface area contributed by atoms with Gasteiger partial charge in [-0.15, -0.1) is 0 Å². The maximum Gasteiger partial charge on any atom is 0.129 e. The monoisotopic (exact) mass is 208 g/mol. The van der Waals surface area contributed by atoms with Crippen LogP contribution in [-0.2, 0) is 4.79 Å². The molecule has 2 unspecified atom stereocenters. The van der Waals surface area contributed by atoms with Gasteiger partial charge in [0.25, 0.3) is 0 Å². The minimum atomic E-state index is -0.912. The van der Waals surface area contributed by atoms with Gasteiger partial charge in [0.15, 0.2) is 0 Å². The molecule has 0 fully saturated rings. The molecular weight excluding hydrogens is 192 g/mol. The third-order valence-corrected chi connectivity index (χ3v) is 2.30. The summed E-state index contributed by atoms with van der Waals surface area (Å²) in [5, 5.41) is 19.4. The molecule has 0 aliphatic rings. The van der Waals surface area contributed by atoms with Crippen LogP contribution in [0.1, 0.15) is 31.4 Å². The summed E-state index contributed by atoms with van der Waals surface area (Å²) < 4.78 is 0. The first kappa shape index (κ1) is 11.9. The van der Waals surface area contributed by atoms with Gasteiger partial charge in [-0.1, -0.05) is 30.3 Å². The molecule has 15 heavy (non-hydrogen) atoms. The van der Waals surface area contributed by atoms with Gasteiger partial charge < -0.3 is 15.0 Å². The number of aliphatic hydroxyl groups is 2. The average molecular weight is 208 g/mol. The number of hydrogen-bond acceptors (Lipinski definition) is 3. The molecule has 0 amide bonds. The SMILES string of the molecule is CC(=O)CCC(O)C(O)c1ccccc1. The van der Waals surface area contributed by atoms with Crippen LogP contribution in [0.3, 0.4) is 0 Å². The highest BCUT2D eigenvalue weighted by Crippen LogP contribution is 2.19. The van der Waals surface area contributed by atoms with Crippen molar-refractivity contribution in [2.75, 3.05) is 0 Å². The Labute approximate surface area is 89.4 Å². The van der Waals surface area contributed by atoms with Crippen LogP contribution in [0.2, 0.25) is 0 Å². The van der Waals surface area contributed by atoms with Gasteiger partial charge in [-0.05, 0) is 18.9 Å². The van der Waals surface area contributed by atoms with Crippen LogP contribution in [0.5, 0.6) is 0 Å². The maximum absolute atomic E-state index is 10.7. The predicted molar refractivity (Wildman–Crippen MR) is 57.3 cm³/mol. The van der Waals surface area contributed by atoms with Crippen molar-refractivity contribution in [3.05, 3.63) is 35.9 Å². The Morgan fingerprint density at radius 2 is 1.87 bits per heavy atom. The van der Waals surface area contributed by atoms with Gasteiger partial charge in [-0.25, -0.2) is 0 Å². The molecule has 0 saturated carbocycles. The Morgan fingerprint density at radius 1 is 1.27 bits per heavy atom. The molecule has 3 nitrogen and oxygen atoms in total. The van der Waals surface area contributed by atoms with Crippen molar-refractivity contribution in [3.63, 3.8) is 0 Å². The van der Waals surface area contributed by atoms with Crippen molar-refractivity contribution in [3.8, 4) is 0 Å². The average Bonchev–Trinajstić information content (AvgIpc) is 2.26. The molecule has 0 saturated heterocycles. The first-order valence-electron chi connectivity index (χ1n) is 5.02. The zero-order chi connectivity index (χ0) is 11.3. The molecule has 0 aromatic heterocycles. The first-order chi connectivity index (χ1) is 7.11. The quantitative estimate of drug-likeness (QED) is 0.770. The lowest BCUT2D eigenvalue weighted by atomic mass is 10.0. The molecule has 0 aliphatic heterocycles. The van der Waals surface area contributed by atoms with Crippen molar-refractivity contribution in [1.82, 2.24) is 0 Å². The van der Waals surface area contributed by atoms with Crippen LogP contribution >= 0.6 is 0 Å². The van der Waals surface area contributed by atoms with E-state index in [4.69, 9.17) is 0 Å². The van der Waals surface area contributed by atoms with Crippen molar-refractivity contribution in [1.29, 1.82) is 0 Å². The molecule has 0 radical (unpaired) electrons. The molecule has 0 aliphatic carbocycles. The topological polar surface area (TPSA) is 57.5 Å². The summed E-state index contributed by atoms with van der Waals surface area (Å²) in [6.07, 6.45) is -1.20. The summed E-state index contributed by atoms with van der Waals surface area (Å²) >= 11 is 0. The fraction of sp³-hybridized carbons (Fsp3) is 0.417. The van der Waals surface area contributed by atoms with E-state index < -0.39 is 12.2 Å². The number of hydrogen-bond donors (Lipinski definition) is 2. The third-order valence-electron chi connectivity index (χ3n) is 2.30. The molecule has 82 valence electrons. The molecule has 0 bridgehead atoms. The van der Waals surface area contributed by atoms with Crippen LogP contribution in [-0.4, -0.2) is 22.1 Å². The molecule has 1 rings (SSSR count). The van der Waals surface area contributed by atoms with Crippen LogP contribution in [0.25, 0.3) is 0 Å². The smallest absolute Gasteiger partial charge is 0.129 e. The second-order valence-corrected chi connectivity index (χ2v) is 3.66. The zero-order valence-corrected chi connectivity index (χ0v) is 8.76. The van der Waals surface area contributed by atoms with E-state index in [9.17, 15) is 15.0 Å². The van der Waals surface area contributed by atoms with Crippen molar-refractivity contribution < 1.29 is 15.0 Å². The van der Waals surface area contributed by atoms with Crippen LogP contribution in [0.4, 0.5) is 0 Å². The molecule has 1 aromatic carbocycles. The van der Waals surface area contributed by atoms with Crippen LogP contribution < -0.4 is 0 Å². The van der Waals surface area contributed by atoms with Gasteiger partial charge >= 0.3 is 0 Å². The molecular formula is C12H16O3. The minimum Gasteiger partial charge on any atom is -0.390 e. The van der Waals surface area contributed by atoms with Gasteiger partial charge in [0.2, 0.25) is 0 Å². The van der Waals surface area contributed by atoms with E-state index >= 15 is 0 Å². The summed E-state index contributed by atoms with van der Waals surface area (Å²) in [6.45, 7) is 1.47. The van der Waals surface area contributed by atoms with Crippen molar-refractivity contribution in [2.24, 2.45) is 0 Å². The Balaban J connectivity index is 2.53. The predicted octanol–water partition coefficient (Wildman–Crippen LogP) is 1.45. The van der Waals surface area contributed by atoms with E-state index in [2.05, 4.69) is 0 Å².